The van der Waals surface area contributed by atoms with Crippen LogP contribution in [0, 0.1) is 0 Å². The lowest BCUT2D eigenvalue weighted by Gasteiger charge is -2.43. The van der Waals surface area contributed by atoms with Gasteiger partial charge in [-0.05, 0) is 31.4 Å². The van der Waals surface area contributed by atoms with E-state index >= 15 is 0 Å². The van der Waals surface area contributed by atoms with E-state index in [2.05, 4.69) is 9.88 Å². The van der Waals surface area contributed by atoms with E-state index in [9.17, 15) is 4.79 Å². The predicted molar refractivity (Wildman–Crippen MR) is 90.7 cm³/mol. The molecule has 128 valence electrons. The number of para-hydroxylation sites is 2. The van der Waals surface area contributed by atoms with E-state index in [-0.39, 0.29) is 12.0 Å². The highest BCUT2D eigenvalue weighted by Crippen LogP contribution is 2.29. The van der Waals surface area contributed by atoms with Crippen molar-refractivity contribution in [3.05, 3.63) is 30.2 Å². The van der Waals surface area contributed by atoms with Gasteiger partial charge in [0.15, 0.2) is 11.5 Å². The first-order valence-electron chi connectivity index (χ1n) is 9.07. The topological polar surface area (TPSA) is 55.6 Å². The van der Waals surface area contributed by atoms with Gasteiger partial charge in [-0.3, -0.25) is 4.79 Å². The van der Waals surface area contributed by atoms with Gasteiger partial charge in [-0.15, -0.1) is 0 Å². The van der Waals surface area contributed by atoms with Crippen LogP contribution in [0.25, 0.3) is 11.1 Å². The van der Waals surface area contributed by atoms with Crippen LogP contribution in [0.4, 0.5) is 0 Å². The lowest BCUT2D eigenvalue weighted by atomic mass is 9.90. The first-order chi connectivity index (χ1) is 11.8. The van der Waals surface area contributed by atoms with Crippen LogP contribution >= 0.6 is 0 Å². The number of hydrogen-bond acceptors (Lipinski definition) is 4. The van der Waals surface area contributed by atoms with Crippen molar-refractivity contribution in [2.75, 3.05) is 13.2 Å². The van der Waals surface area contributed by atoms with Crippen LogP contribution in [0.1, 0.15) is 44.4 Å². The zero-order chi connectivity index (χ0) is 16.4. The monoisotopic (exact) mass is 328 g/mol. The number of morpholine rings is 1. The number of oxazole rings is 1. The molecule has 1 saturated heterocycles. The minimum atomic E-state index is 0.256. The van der Waals surface area contributed by atoms with Crippen molar-refractivity contribution in [2.24, 2.45) is 0 Å². The van der Waals surface area contributed by atoms with Crippen molar-refractivity contribution >= 4 is 17.0 Å². The number of carbonyl (C=O) groups excluding carboxylic acids is 1. The van der Waals surface area contributed by atoms with Crippen LogP contribution < -0.4 is 0 Å². The van der Waals surface area contributed by atoms with Crippen LogP contribution in [0.3, 0.4) is 0 Å². The number of hydrogen-bond donors (Lipinski definition) is 0. The molecule has 0 radical (unpaired) electrons. The molecule has 2 aromatic rings. The quantitative estimate of drug-likeness (QED) is 0.864. The molecule has 5 nitrogen and oxygen atoms in total. The molecule has 2 heterocycles. The summed E-state index contributed by atoms with van der Waals surface area (Å²) in [7, 11) is 0. The maximum Gasteiger partial charge on any atom is 0.223 e. The average molecular weight is 328 g/mol. The third kappa shape index (κ3) is 3.18. The molecule has 1 saturated carbocycles. The third-order valence-electron chi connectivity index (χ3n) is 5.17. The van der Waals surface area contributed by atoms with Crippen molar-refractivity contribution in [1.82, 2.24) is 9.88 Å². The highest BCUT2D eigenvalue weighted by atomic mass is 16.5. The molecule has 24 heavy (non-hydrogen) atoms. The van der Waals surface area contributed by atoms with E-state index in [1.807, 2.05) is 24.3 Å². The van der Waals surface area contributed by atoms with Gasteiger partial charge in [-0.1, -0.05) is 25.0 Å². The van der Waals surface area contributed by atoms with Crippen LogP contribution in [0.2, 0.25) is 0 Å². The fourth-order valence-corrected chi connectivity index (χ4v) is 3.97. The normalized spacial score (nSPS) is 24.1. The summed E-state index contributed by atoms with van der Waals surface area (Å²) in [5.74, 6) is 0.979. The number of nitrogens with zero attached hydrogens (tertiary/aromatic N) is 2. The van der Waals surface area contributed by atoms with Gasteiger partial charge in [0.2, 0.25) is 5.91 Å². The summed E-state index contributed by atoms with van der Waals surface area (Å²) >= 11 is 0. The van der Waals surface area contributed by atoms with E-state index in [0.717, 1.165) is 42.8 Å². The fraction of sp³-hybridized carbons (Fsp3) is 0.579. The summed E-state index contributed by atoms with van der Waals surface area (Å²) in [6.45, 7) is 1.42. The zero-order valence-corrected chi connectivity index (χ0v) is 13.9. The molecular weight excluding hydrogens is 304 g/mol. The Bertz CT molecular complexity index is 676. The summed E-state index contributed by atoms with van der Waals surface area (Å²) in [6.07, 6.45) is 6.91. The molecule has 1 aliphatic heterocycles. The number of aryl methyl sites for hydroxylation is 1. The predicted octanol–water partition coefficient (Wildman–Crippen LogP) is 3.32. The number of aromatic nitrogens is 1. The number of benzene rings is 1. The Morgan fingerprint density at radius 1 is 1.25 bits per heavy atom. The maximum atomic E-state index is 12.6. The summed E-state index contributed by atoms with van der Waals surface area (Å²) in [4.78, 5) is 19.2. The molecule has 1 aliphatic carbocycles. The minimum Gasteiger partial charge on any atom is -0.441 e. The Kier molecular flexibility index (Phi) is 4.52. The molecule has 5 heteroatoms. The molecule has 0 spiro atoms. The second-order valence-corrected chi connectivity index (χ2v) is 6.78. The first kappa shape index (κ1) is 15.6. The number of ether oxygens (including phenoxy) is 1. The van der Waals surface area contributed by atoms with Gasteiger partial charge in [0.25, 0.3) is 0 Å². The van der Waals surface area contributed by atoms with E-state index in [1.54, 1.807) is 0 Å². The maximum absolute atomic E-state index is 12.6. The van der Waals surface area contributed by atoms with Crippen molar-refractivity contribution in [1.29, 1.82) is 0 Å². The Morgan fingerprint density at radius 3 is 3.04 bits per heavy atom. The van der Waals surface area contributed by atoms with E-state index in [4.69, 9.17) is 9.15 Å². The Balaban J connectivity index is 1.32. The summed E-state index contributed by atoms with van der Waals surface area (Å²) in [6, 6.07) is 8.07. The number of rotatable bonds is 4. The smallest absolute Gasteiger partial charge is 0.223 e. The molecule has 0 unspecified atom stereocenters. The van der Waals surface area contributed by atoms with Crippen molar-refractivity contribution in [2.45, 2.75) is 57.1 Å². The molecule has 0 bridgehead atoms. The lowest BCUT2D eigenvalue weighted by molar-refractivity contribution is -0.149. The molecule has 4 rings (SSSR count). The molecule has 1 aromatic heterocycles. The van der Waals surface area contributed by atoms with Gasteiger partial charge in [-0.25, -0.2) is 4.98 Å². The molecule has 2 fully saturated rings. The molecule has 0 N–H and O–H groups in total. The second-order valence-electron chi connectivity index (χ2n) is 6.78. The van der Waals surface area contributed by atoms with Crippen LogP contribution in [0.5, 0.6) is 0 Å². The van der Waals surface area contributed by atoms with Crippen LogP contribution in [-0.2, 0) is 16.0 Å². The zero-order valence-electron chi connectivity index (χ0n) is 13.9. The molecule has 1 amide bonds. The Labute approximate surface area is 142 Å². The Hall–Kier alpha value is -1.88. The van der Waals surface area contributed by atoms with Gasteiger partial charge in [0.05, 0.1) is 18.8 Å². The van der Waals surface area contributed by atoms with Gasteiger partial charge >= 0.3 is 0 Å². The SMILES string of the molecule is O=C(CCCc1nc2ccccc2o1)N1CCO[C@H]2CCCC[C@@H]21. The summed E-state index contributed by atoms with van der Waals surface area (Å²) in [5, 5.41) is 0. The highest BCUT2D eigenvalue weighted by molar-refractivity contribution is 5.76. The molecule has 2 atom stereocenters. The largest absolute Gasteiger partial charge is 0.441 e. The fourth-order valence-electron chi connectivity index (χ4n) is 3.97. The standard InChI is InChI=1S/C19H24N2O3/c22-19(21-12-13-23-17-9-4-2-7-15(17)21)11-5-10-18-20-14-6-1-3-8-16(14)24-18/h1,3,6,8,15,17H,2,4-5,7,9-13H2/t15-,17-/m0/s1. The second kappa shape index (κ2) is 6.93. The number of fused-ring (bicyclic) bond motifs is 2. The van der Waals surface area contributed by atoms with Crippen molar-refractivity contribution in [3.8, 4) is 0 Å². The highest BCUT2D eigenvalue weighted by Gasteiger charge is 2.36. The minimum absolute atomic E-state index is 0.256. The van der Waals surface area contributed by atoms with Crippen molar-refractivity contribution < 1.29 is 13.9 Å². The molecular formula is C19H24N2O3. The average Bonchev–Trinajstić information content (AvgIpc) is 3.04. The van der Waals surface area contributed by atoms with Crippen LogP contribution in [-0.4, -0.2) is 41.1 Å². The molecule has 1 aromatic carbocycles. The molecule has 2 aliphatic rings. The van der Waals surface area contributed by atoms with Gasteiger partial charge in [0, 0.05) is 19.4 Å². The van der Waals surface area contributed by atoms with Gasteiger partial charge in [0.1, 0.15) is 5.52 Å². The lowest BCUT2D eigenvalue weighted by Crippen LogP contribution is -2.54. The van der Waals surface area contributed by atoms with E-state index in [0.29, 0.717) is 25.5 Å². The number of amides is 1. The third-order valence-corrected chi connectivity index (χ3v) is 5.17. The van der Waals surface area contributed by atoms with Gasteiger partial charge in [-0.2, -0.15) is 0 Å². The Morgan fingerprint density at radius 2 is 2.12 bits per heavy atom. The first-order valence-corrected chi connectivity index (χ1v) is 9.07. The van der Waals surface area contributed by atoms with Gasteiger partial charge < -0.3 is 14.1 Å². The van der Waals surface area contributed by atoms with E-state index < -0.39 is 0 Å². The summed E-state index contributed by atoms with van der Waals surface area (Å²) < 4.78 is 11.6. The number of carbonyl (C=O) groups is 1. The van der Waals surface area contributed by atoms with E-state index in [1.165, 1.54) is 12.8 Å². The van der Waals surface area contributed by atoms with Crippen molar-refractivity contribution in [3.63, 3.8) is 0 Å². The summed E-state index contributed by atoms with van der Waals surface area (Å²) in [5.41, 5.74) is 1.70. The van der Waals surface area contributed by atoms with Crippen LogP contribution in [0.15, 0.2) is 28.7 Å².